The van der Waals surface area contributed by atoms with E-state index in [1.54, 1.807) is 11.0 Å². The topological polar surface area (TPSA) is 74.3 Å². The van der Waals surface area contributed by atoms with Gasteiger partial charge in [-0.25, -0.2) is 4.98 Å². The van der Waals surface area contributed by atoms with Gasteiger partial charge in [0.25, 0.3) is 11.8 Å². The van der Waals surface area contributed by atoms with Gasteiger partial charge in [0.15, 0.2) is 0 Å². The molecule has 10 heteroatoms. The molecule has 1 saturated heterocycles. The number of alkyl halides is 3. The number of fused-ring (bicyclic) bond motifs is 3. The van der Waals surface area contributed by atoms with Crippen LogP contribution in [0.3, 0.4) is 0 Å². The number of carbonyl (C=O) groups excluding carboxylic acids is 2. The fraction of sp³-hybridized carbons (Fsp3) is 0.269. The number of aromatic nitrogens is 1. The van der Waals surface area contributed by atoms with Crippen LogP contribution in [0.25, 0.3) is 0 Å². The third-order valence-electron chi connectivity index (χ3n) is 6.66. The van der Waals surface area contributed by atoms with E-state index < -0.39 is 23.2 Å². The summed E-state index contributed by atoms with van der Waals surface area (Å²) < 4.78 is 39.7. The standard InChI is InChI=1S/C26H22ClF3N4O2/c27-17-6-7-21-19(13-17)23-15(9-11-31-23)10-12-34(21)25(36)16-5-8-22(32-14-16)33-24(35)18-3-1-2-4-20(18)26(28,29)30/h1-8,13-15,23,31H,9-12H2,(H,32,33,35). The minimum absolute atomic E-state index is 0.0373. The Kier molecular flexibility index (Phi) is 6.44. The molecule has 3 aromatic rings. The molecule has 0 spiro atoms. The molecular formula is C26H22ClF3N4O2. The minimum Gasteiger partial charge on any atom is -0.310 e. The number of nitrogens with one attached hydrogen (secondary N) is 2. The number of rotatable bonds is 3. The van der Waals surface area contributed by atoms with Crippen LogP contribution in [0.2, 0.25) is 5.02 Å². The smallest absolute Gasteiger partial charge is 0.310 e. The molecule has 1 fully saturated rings. The van der Waals surface area contributed by atoms with Gasteiger partial charge in [0.1, 0.15) is 5.82 Å². The quantitative estimate of drug-likeness (QED) is 0.470. The highest BCUT2D eigenvalue weighted by atomic mass is 35.5. The molecule has 3 heterocycles. The zero-order chi connectivity index (χ0) is 25.4. The Bertz CT molecular complexity index is 1310. The summed E-state index contributed by atoms with van der Waals surface area (Å²) in [4.78, 5) is 31.8. The van der Waals surface area contributed by atoms with Crippen molar-refractivity contribution in [2.24, 2.45) is 5.92 Å². The molecule has 0 saturated carbocycles. The number of nitrogens with zero attached hydrogens (tertiary/aromatic N) is 2. The average Bonchev–Trinajstić information content (AvgIpc) is 3.27. The number of hydrogen-bond acceptors (Lipinski definition) is 4. The van der Waals surface area contributed by atoms with Crippen molar-refractivity contribution in [3.63, 3.8) is 0 Å². The van der Waals surface area contributed by atoms with Crippen molar-refractivity contribution in [3.05, 3.63) is 88.1 Å². The van der Waals surface area contributed by atoms with Crippen LogP contribution in [0.15, 0.2) is 60.8 Å². The Morgan fingerprint density at radius 3 is 2.64 bits per heavy atom. The van der Waals surface area contributed by atoms with Gasteiger partial charge in [-0.1, -0.05) is 23.7 Å². The SMILES string of the molecule is O=C(Nc1ccc(C(=O)N2CCC3CCNC3c3cc(Cl)ccc32)cn1)c1ccccc1C(F)(F)F. The summed E-state index contributed by atoms with van der Waals surface area (Å²) in [6.45, 7) is 1.45. The normalized spacial score (nSPS) is 19.3. The van der Waals surface area contributed by atoms with Crippen LogP contribution in [0.4, 0.5) is 24.7 Å². The highest BCUT2D eigenvalue weighted by molar-refractivity contribution is 6.30. The first-order valence-electron chi connectivity index (χ1n) is 11.5. The van der Waals surface area contributed by atoms with Crippen molar-refractivity contribution >= 4 is 34.9 Å². The van der Waals surface area contributed by atoms with Crippen molar-refractivity contribution in [1.29, 1.82) is 0 Å². The molecule has 0 aliphatic carbocycles. The monoisotopic (exact) mass is 514 g/mol. The first-order chi connectivity index (χ1) is 17.2. The summed E-state index contributed by atoms with van der Waals surface area (Å²) in [7, 11) is 0. The average molecular weight is 515 g/mol. The molecule has 6 nitrogen and oxygen atoms in total. The number of pyridine rings is 1. The van der Waals surface area contributed by atoms with E-state index in [4.69, 9.17) is 11.6 Å². The predicted molar refractivity (Wildman–Crippen MR) is 130 cm³/mol. The second kappa shape index (κ2) is 9.55. The molecule has 2 atom stereocenters. The van der Waals surface area contributed by atoms with Gasteiger partial charge in [-0.15, -0.1) is 0 Å². The van der Waals surface area contributed by atoms with E-state index in [9.17, 15) is 22.8 Å². The van der Waals surface area contributed by atoms with Gasteiger partial charge < -0.3 is 15.5 Å². The third-order valence-corrected chi connectivity index (χ3v) is 6.90. The first-order valence-corrected chi connectivity index (χ1v) is 11.9. The van der Waals surface area contributed by atoms with Gasteiger partial charge in [-0.05, 0) is 73.3 Å². The molecule has 2 aliphatic heterocycles. The van der Waals surface area contributed by atoms with Gasteiger partial charge in [-0.2, -0.15) is 13.2 Å². The zero-order valence-corrected chi connectivity index (χ0v) is 19.7. The van der Waals surface area contributed by atoms with E-state index in [0.717, 1.165) is 42.8 Å². The molecular weight excluding hydrogens is 493 g/mol. The molecule has 0 radical (unpaired) electrons. The highest BCUT2D eigenvalue weighted by Gasteiger charge is 2.36. The Balaban J connectivity index is 1.36. The van der Waals surface area contributed by atoms with E-state index in [1.165, 1.54) is 30.5 Å². The fourth-order valence-corrected chi connectivity index (χ4v) is 5.12. The predicted octanol–water partition coefficient (Wildman–Crippen LogP) is 5.71. The molecule has 5 rings (SSSR count). The van der Waals surface area contributed by atoms with Gasteiger partial charge in [0.05, 0.1) is 16.7 Å². The molecule has 1 aromatic heterocycles. The summed E-state index contributed by atoms with van der Waals surface area (Å²) in [6.07, 6.45) is -1.51. The molecule has 2 amide bonds. The van der Waals surface area contributed by atoms with E-state index in [2.05, 4.69) is 15.6 Å². The van der Waals surface area contributed by atoms with Gasteiger partial charge >= 0.3 is 6.18 Å². The maximum Gasteiger partial charge on any atom is 0.417 e. The number of anilines is 2. The minimum atomic E-state index is -4.67. The number of benzene rings is 2. The second-order valence-electron chi connectivity index (χ2n) is 8.86. The van der Waals surface area contributed by atoms with Gasteiger partial charge in [-0.3, -0.25) is 9.59 Å². The van der Waals surface area contributed by atoms with E-state index in [-0.39, 0.29) is 17.8 Å². The summed E-state index contributed by atoms with van der Waals surface area (Å²) in [5.41, 5.74) is 0.521. The van der Waals surface area contributed by atoms with Crippen molar-refractivity contribution in [2.75, 3.05) is 23.3 Å². The maximum atomic E-state index is 13.5. The number of hydrogen-bond donors (Lipinski definition) is 2. The largest absolute Gasteiger partial charge is 0.417 e. The number of halogens is 4. The van der Waals surface area contributed by atoms with Crippen molar-refractivity contribution in [2.45, 2.75) is 25.1 Å². The number of amides is 2. The van der Waals surface area contributed by atoms with Gasteiger partial charge in [0.2, 0.25) is 0 Å². The van der Waals surface area contributed by atoms with E-state index in [1.807, 2.05) is 12.1 Å². The van der Waals surface area contributed by atoms with Crippen LogP contribution in [0, 0.1) is 5.92 Å². The van der Waals surface area contributed by atoms with Crippen molar-refractivity contribution < 1.29 is 22.8 Å². The molecule has 0 bridgehead atoms. The lowest BCUT2D eigenvalue weighted by Gasteiger charge is -2.24. The second-order valence-corrected chi connectivity index (χ2v) is 9.30. The van der Waals surface area contributed by atoms with Gasteiger partial charge in [0, 0.05) is 29.5 Å². The summed E-state index contributed by atoms with van der Waals surface area (Å²) in [5.74, 6) is -0.760. The molecule has 2 unspecified atom stereocenters. The van der Waals surface area contributed by atoms with Crippen molar-refractivity contribution in [3.8, 4) is 0 Å². The summed E-state index contributed by atoms with van der Waals surface area (Å²) in [6, 6.07) is 13.1. The van der Waals surface area contributed by atoms with Crippen LogP contribution in [0.1, 0.15) is 50.7 Å². The van der Waals surface area contributed by atoms with E-state index in [0.29, 0.717) is 23.0 Å². The van der Waals surface area contributed by atoms with Crippen molar-refractivity contribution in [1.82, 2.24) is 10.3 Å². The van der Waals surface area contributed by atoms with Crippen LogP contribution >= 0.6 is 11.6 Å². The molecule has 186 valence electrons. The van der Waals surface area contributed by atoms with Crippen LogP contribution < -0.4 is 15.5 Å². The molecule has 2 aliphatic rings. The molecule has 2 N–H and O–H groups in total. The summed E-state index contributed by atoms with van der Waals surface area (Å²) >= 11 is 6.26. The molecule has 36 heavy (non-hydrogen) atoms. The Labute approximate surface area is 210 Å². The third kappa shape index (κ3) is 4.68. The summed E-state index contributed by atoms with van der Waals surface area (Å²) in [5, 5.41) is 6.49. The Hall–Kier alpha value is -3.43. The Morgan fingerprint density at radius 2 is 1.89 bits per heavy atom. The maximum absolute atomic E-state index is 13.5. The Morgan fingerprint density at radius 1 is 1.08 bits per heavy atom. The highest BCUT2D eigenvalue weighted by Crippen LogP contribution is 2.42. The van der Waals surface area contributed by atoms with Crippen LogP contribution in [-0.4, -0.2) is 29.9 Å². The van der Waals surface area contributed by atoms with Crippen LogP contribution in [0.5, 0.6) is 0 Å². The zero-order valence-electron chi connectivity index (χ0n) is 19.0. The molecule has 2 aromatic carbocycles. The first kappa shape index (κ1) is 24.3. The lowest BCUT2D eigenvalue weighted by Crippen LogP contribution is -2.32. The van der Waals surface area contributed by atoms with Crippen LogP contribution in [-0.2, 0) is 6.18 Å². The lowest BCUT2D eigenvalue weighted by molar-refractivity contribution is -0.137. The lowest BCUT2D eigenvalue weighted by atomic mass is 9.92. The number of carbonyl (C=O) groups is 2. The van der Waals surface area contributed by atoms with E-state index >= 15 is 0 Å². The fourth-order valence-electron chi connectivity index (χ4n) is 4.94.